The van der Waals surface area contributed by atoms with Crippen LogP contribution in [0.25, 0.3) is 0 Å². The zero-order chi connectivity index (χ0) is 14.8. The van der Waals surface area contributed by atoms with E-state index < -0.39 is 21.0 Å². The molecule has 0 heterocycles. The molecule has 0 fully saturated rings. The topological polar surface area (TPSA) is 115 Å². The minimum absolute atomic E-state index is 0.0231. The number of nitrogens with zero attached hydrogens (tertiary/aromatic N) is 1. The molecule has 0 aliphatic heterocycles. The number of nitrogens with two attached hydrogens (primary N) is 1. The highest BCUT2D eigenvalue weighted by Crippen LogP contribution is 2.29. The number of halogens is 1. The smallest absolute Gasteiger partial charge is 0.275 e. The highest BCUT2D eigenvalue weighted by molar-refractivity contribution is 7.89. The number of rotatable bonds is 5. The molecule has 3 N–H and O–H groups in total. The Kier molecular flexibility index (Phi) is 4.86. The summed E-state index contributed by atoms with van der Waals surface area (Å²) in [5.41, 5.74) is 5.21. The van der Waals surface area contributed by atoms with Crippen molar-refractivity contribution in [2.45, 2.75) is 24.8 Å². The third kappa shape index (κ3) is 3.63. The summed E-state index contributed by atoms with van der Waals surface area (Å²) in [6.45, 7) is 3.15. The SMILES string of the molecule is Cc1c(Cl)cc(S(=O)(=O)N[C@H](C)CN)cc1[N+](=O)[O-]. The predicted molar refractivity (Wildman–Crippen MR) is 71.7 cm³/mol. The van der Waals surface area contributed by atoms with Gasteiger partial charge in [0.05, 0.1) is 14.8 Å². The van der Waals surface area contributed by atoms with E-state index in [4.69, 9.17) is 17.3 Å². The second-order valence-electron chi connectivity index (χ2n) is 4.06. The first-order valence-corrected chi connectivity index (χ1v) is 7.22. The van der Waals surface area contributed by atoms with Crippen LogP contribution in [0.4, 0.5) is 5.69 Å². The summed E-state index contributed by atoms with van der Waals surface area (Å²) in [4.78, 5) is 9.91. The molecule has 0 unspecified atom stereocenters. The van der Waals surface area contributed by atoms with Crippen LogP contribution >= 0.6 is 11.6 Å². The van der Waals surface area contributed by atoms with E-state index in [1.54, 1.807) is 6.92 Å². The molecule has 7 nitrogen and oxygen atoms in total. The molecular formula is C10H14ClN3O4S. The van der Waals surface area contributed by atoms with Crippen molar-refractivity contribution >= 4 is 27.3 Å². The standard InChI is InChI=1S/C10H14ClN3O4S/c1-6(5-12)13-19(17,18)8-3-9(11)7(2)10(4-8)14(15)16/h3-4,6,13H,5,12H2,1-2H3/t6-/m1/s1. The molecule has 0 saturated heterocycles. The van der Waals surface area contributed by atoms with Crippen molar-refractivity contribution < 1.29 is 13.3 Å². The third-order valence-corrected chi connectivity index (χ3v) is 4.47. The lowest BCUT2D eigenvalue weighted by molar-refractivity contribution is -0.385. The average Bonchev–Trinajstić information content (AvgIpc) is 2.31. The van der Waals surface area contributed by atoms with E-state index in [9.17, 15) is 18.5 Å². The Bertz CT molecular complexity index is 603. The van der Waals surface area contributed by atoms with Crippen LogP contribution in [0, 0.1) is 17.0 Å². The van der Waals surface area contributed by atoms with Gasteiger partial charge in [-0.05, 0) is 19.9 Å². The number of nitro groups is 1. The van der Waals surface area contributed by atoms with Crippen LogP contribution in [0.15, 0.2) is 17.0 Å². The average molecular weight is 308 g/mol. The van der Waals surface area contributed by atoms with Gasteiger partial charge < -0.3 is 5.73 Å². The summed E-state index contributed by atoms with van der Waals surface area (Å²) in [7, 11) is -3.89. The Morgan fingerprint density at radius 2 is 2.11 bits per heavy atom. The van der Waals surface area contributed by atoms with Crippen molar-refractivity contribution in [2.24, 2.45) is 5.73 Å². The zero-order valence-corrected chi connectivity index (χ0v) is 12.0. The van der Waals surface area contributed by atoms with Crippen molar-refractivity contribution in [1.29, 1.82) is 0 Å². The van der Waals surface area contributed by atoms with Crippen LogP contribution in [-0.4, -0.2) is 25.9 Å². The molecule has 0 bridgehead atoms. The number of sulfonamides is 1. The van der Waals surface area contributed by atoms with Crippen LogP contribution in [0.5, 0.6) is 0 Å². The number of benzene rings is 1. The molecule has 0 aliphatic carbocycles. The largest absolute Gasteiger partial charge is 0.329 e. The minimum Gasteiger partial charge on any atom is -0.329 e. The third-order valence-electron chi connectivity index (χ3n) is 2.51. The van der Waals surface area contributed by atoms with E-state index in [0.29, 0.717) is 0 Å². The maximum atomic E-state index is 12.0. The van der Waals surface area contributed by atoms with Crippen LogP contribution in [-0.2, 0) is 10.0 Å². The van der Waals surface area contributed by atoms with Gasteiger partial charge in [0.2, 0.25) is 10.0 Å². The van der Waals surface area contributed by atoms with Gasteiger partial charge in [0.1, 0.15) is 0 Å². The summed E-state index contributed by atoms with van der Waals surface area (Å²) >= 11 is 5.82. The Morgan fingerprint density at radius 3 is 2.58 bits per heavy atom. The van der Waals surface area contributed by atoms with Crippen molar-refractivity contribution in [1.82, 2.24) is 4.72 Å². The maximum absolute atomic E-state index is 12.0. The number of nitro benzene ring substituents is 1. The van der Waals surface area contributed by atoms with Gasteiger partial charge in [-0.1, -0.05) is 11.6 Å². The van der Waals surface area contributed by atoms with Gasteiger partial charge in [0, 0.05) is 24.2 Å². The molecule has 0 aliphatic rings. The Balaban J connectivity index is 3.32. The van der Waals surface area contributed by atoms with Crippen LogP contribution < -0.4 is 10.5 Å². The van der Waals surface area contributed by atoms with E-state index in [2.05, 4.69) is 4.72 Å². The van der Waals surface area contributed by atoms with Gasteiger partial charge in [-0.25, -0.2) is 13.1 Å². The molecule has 1 rings (SSSR count). The lowest BCUT2D eigenvalue weighted by atomic mass is 10.2. The second kappa shape index (κ2) is 5.83. The molecule has 0 saturated carbocycles. The van der Waals surface area contributed by atoms with Gasteiger partial charge in [0.15, 0.2) is 0 Å². The van der Waals surface area contributed by atoms with Gasteiger partial charge in [-0.15, -0.1) is 0 Å². The molecule has 0 radical (unpaired) electrons. The monoisotopic (exact) mass is 307 g/mol. The van der Waals surface area contributed by atoms with Crippen molar-refractivity contribution in [2.75, 3.05) is 6.54 Å². The first kappa shape index (κ1) is 15.8. The van der Waals surface area contributed by atoms with Crippen LogP contribution in [0.3, 0.4) is 0 Å². The fraction of sp³-hybridized carbons (Fsp3) is 0.400. The molecule has 1 aromatic carbocycles. The summed E-state index contributed by atoms with van der Waals surface area (Å²) in [5, 5.41) is 10.9. The molecule has 0 amide bonds. The molecule has 0 spiro atoms. The first-order chi connectivity index (χ1) is 8.69. The Hall–Kier alpha value is -1.22. The van der Waals surface area contributed by atoms with Crippen LogP contribution in [0.2, 0.25) is 5.02 Å². The normalized spacial score (nSPS) is 13.3. The highest BCUT2D eigenvalue weighted by Gasteiger charge is 2.23. The summed E-state index contributed by atoms with van der Waals surface area (Å²) in [5.74, 6) is 0. The minimum atomic E-state index is -3.89. The highest BCUT2D eigenvalue weighted by atomic mass is 35.5. The van der Waals surface area contributed by atoms with Crippen LogP contribution in [0.1, 0.15) is 12.5 Å². The summed E-state index contributed by atoms with van der Waals surface area (Å²) in [6.07, 6.45) is 0. The molecular weight excluding hydrogens is 294 g/mol. The molecule has 19 heavy (non-hydrogen) atoms. The van der Waals surface area contributed by atoms with Gasteiger partial charge in [-0.2, -0.15) is 0 Å². The fourth-order valence-electron chi connectivity index (χ4n) is 1.37. The van der Waals surface area contributed by atoms with Crippen molar-refractivity contribution in [3.05, 3.63) is 32.8 Å². The number of nitrogens with one attached hydrogen (secondary N) is 1. The summed E-state index contributed by atoms with van der Waals surface area (Å²) < 4.78 is 26.3. The van der Waals surface area contributed by atoms with Crippen molar-refractivity contribution in [3.63, 3.8) is 0 Å². The molecule has 0 aromatic heterocycles. The lowest BCUT2D eigenvalue weighted by Gasteiger charge is -2.12. The zero-order valence-electron chi connectivity index (χ0n) is 10.4. The van der Waals surface area contributed by atoms with Crippen molar-refractivity contribution in [3.8, 4) is 0 Å². The number of hydrogen-bond acceptors (Lipinski definition) is 5. The second-order valence-corrected chi connectivity index (χ2v) is 6.19. The first-order valence-electron chi connectivity index (χ1n) is 5.36. The van der Waals surface area contributed by atoms with E-state index in [1.807, 2.05) is 0 Å². The Morgan fingerprint density at radius 1 is 1.53 bits per heavy atom. The van der Waals surface area contributed by atoms with Gasteiger partial charge >= 0.3 is 0 Å². The summed E-state index contributed by atoms with van der Waals surface area (Å²) in [6, 6.07) is 1.67. The quantitative estimate of drug-likeness (QED) is 0.626. The van der Waals surface area contributed by atoms with E-state index >= 15 is 0 Å². The maximum Gasteiger partial charge on any atom is 0.275 e. The number of hydrogen-bond donors (Lipinski definition) is 2. The van der Waals surface area contributed by atoms with E-state index in [-0.39, 0.29) is 27.7 Å². The fourth-order valence-corrected chi connectivity index (χ4v) is 2.95. The predicted octanol–water partition coefficient (Wildman–Crippen LogP) is 1.18. The molecule has 1 atom stereocenters. The lowest BCUT2D eigenvalue weighted by Crippen LogP contribution is -2.37. The molecule has 1 aromatic rings. The van der Waals surface area contributed by atoms with E-state index in [1.165, 1.54) is 13.0 Å². The molecule has 9 heteroatoms. The van der Waals surface area contributed by atoms with Gasteiger partial charge in [0.25, 0.3) is 5.69 Å². The Labute approximate surface area is 115 Å². The van der Waals surface area contributed by atoms with E-state index in [0.717, 1.165) is 6.07 Å². The molecule has 106 valence electrons. The van der Waals surface area contributed by atoms with Gasteiger partial charge in [-0.3, -0.25) is 10.1 Å².